The van der Waals surface area contributed by atoms with Gasteiger partial charge in [-0.2, -0.15) is 0 Å². The summed E-state index contributed by atoms with van der Waals surface area (Å²) in [4.78, 5) is 0. The molecule has 0 unspecified atom stereocenters. The van der Waals surface area contributed by atoms with E-state index in [1.807, 2.05) is 37.3 Å². The van der Waals surface area contributed by atoms with Gasteiger partial charge < -0.3 is 8.83 Å². The Balaban J connectivity index is 1.26. The van der Waals surface area contributed by atoms with Crippen molar-refractivity contribution in [1.29, 1.82) is 0 Å². The number of furan rings is 2. The molecule has 2 nitrogen and oxygen atoms in total. The van der Waals surface area contributed by atoms with Crippen LogP contribution in [0.3, 0.4) is 0 Å². The lowest BCUT2D eigenvalue weighted by molar-refractivity contribution is 0.603. The second-order valence-corrected chi connectivity index (χ2v) is 12.1. The van der Waals surface area contributed by atoms with Gasteiger partial charge in [0.05, 0.1) is 0 Å². The molecule has 9 rings (SSSR count). The van der Waals surface area contributed by atoms with Crippen molar-refractivity contribution in [3.63, 3.8) is 0 Å². The third-order valence-corrected chi connectivity index (χ3v) is 9.34. The van der Waals surface area contributed by atoms with Crippen molar-refractivity contribution in [2.24, 2.45) is 0 Å². The largest absolute Gasteiger partial charge is 0.456 e. The van der Waals surface area contributed by atoms with Crippen LogP contribution in [0.1, 0.15) is 18.2 Å². The number of hydrogen-bond donors (Lipinski definition) is 0. The van der Waals surface area contributed by atoms with E-state index >= 15 is 0 Å². The van der Waals surface area contributed by atoms with Crippen molar-refractivity contribution >= 4 is 66.6 Å². The van der Waals surface area contributed by atoms with Crippen LogP contribution in [0.4, 0.5) is 0 Å². The highest BCUT2D eigenvalue weighted by atomic mass is 16.3. The van der Waals surface area contributed by atoms with E-state index in [1.165, 1.54) is 27.1 Å². The first-order chi connectivity index (χ1) is 23.2. The Labute approximate surface area is 272 Å². The molecule has 0 atom stereocenters. The monoisotopic (exact) mass is 602 g/mol. The summed E-state index contributed by atoms with van der Waals surface area (Å²) >= 11 is 0. The lowest BCUT2D eigenvalue weighted by Crippen LogP contribution is -1.87. The molecular formula is C45H30O2. The molecule has 0 fully saturated rings. The zero-order valence-electron chi connectivity index (χ0n) is 26.0. The first kappa shape index (κ1) is 27.2. The van der Waals surface area contributed by atoms with Gasteiger partial charge in [-0.3, -0.25) is 0 Å². The summed E-state index contributed by atoms with van der Waals surface area (Å²) in [7, 11) is 0. The van der Waals surface area contributed by atoms with Crippen LogP contribution in [0.5, 0.6) is 0 Å². The minimum Gasteiger partial charge on any atom is -0.456 e. The summed E-state index contributed by atoms with van der Waals surface area (Å²) in [5.41, 5.74) is 10.4. The standard InChI is InChI=1S/C45H30O2/c1-3-9-42-36(4-2)39-20-18-31(26-44(39)46-42)34-22-33(30-17-16-29-15-14-28-10-5-6-11-37(28)41(29)25-30)23-35(24-34)32-19-21-40-38-12-7-8-13-43(38)47-45(40)27-32/h3-27H,2H2,1H3/b9-3-. The SMILES string of the molecule is C=Cc1c(/C=C\C)oc2cc(-c3cc(-c4ccc5c(c4)oc4ccccc45)cc(-c4ccc5ccc6ccccc6c5c4)c3)ccc12. The Hall–Kier alpha value is -6.12. The van der Waals surface area contributed by atoms with Crippen LogP contribution in [-0.2, 0) is 0 Å². The van der Waals surface area contributed by atoms with Crippen LogP contribution >= 0.6 is 0 Å². The van der Waals surface area contributed by atoms with Gasteiger partial charge in [-0.1, -0.05) is 97.6 Å². The maximum atomic E-state index is 6.32. The highest BCUT2D eigenvalue weighted by Crippen LogP contribution is 2.39. The Bertz CT molecular complexity index is 2710. The van der Waals surface area contributed by atoms with E-state index in [4.69, 9.17) is 8.83 Å². The van der Waals surface area contributed by atoms with Gasteiger partial charge >= 0.3 is 0 Å². The predicted molar refractivity (Wildman–Crippen MR) is 200 cm³/mol. The highest BCUT2D eigenvalue weighted by molar-refractivity contribution is 6.09. The number of allylic oxidation sites excluding steroid dienone is 1. The molecule has 0 aliphatic rings. The van der Waals surface area contributed by atoms with E-state index < -0.39 is 0 Å². The number of para-hydroxylation sites is 1. The molecule has 2 aromatic heterocycles. The van der Waals surface area contributed by atoms with Gasteiger partial charge in [-0.25, -0.2) is 0 Å². The number of benzene rings is 7. The molecular weight excluding hydrogens is 572 g/mol. The van der Waals surface area contributed by atoms with Crippen LogP contribution in [-0.4, -0.2) is 0 Å². The second kappa shape index (κ2) is 10.8. The number of fused-ring (bicyclic) bond motifs is 7. The van der Waals surface area contributed by atoms with E-state index in [9.17, 15) is 0 Å². The Morgan fingerprint density at radius 1 is 0.447 bits per heavy atom. The average molecular weight is 603 g/mol. The van der Waals surface area contributed by atoms with Crippen molar-refractivity contribution in [1.82, 2.24) is 0 Å². The zero-order valence-corrected chi connectivity index (χ0v) is 26.0. The molecule has 47 heavy (non-hydrogen) atoms. The molecule has 7 aromatic carbocycles. The quantitative estimate of drug-likeness (QED) is 0.183. The van der Waals surface area contributed by atoms with E-state index in [2.05, 4.69) is 128 Å². The molecule has 0 aliphatic carbocycles. The van der Waals surface area contributed by atoms with Crippen LogP contribution < -0.4 is 0 Å². The van der Waals surface area contributed by atoms with Crippen molar-refractivity contribution in [2.45, 2.75) is 6.92 Å². The van der Waals surface area contributed by atoms with Crippen LogP contribution in [0.15, 0.2) is 155 Å². The third-order valence-electron chi connectivity index (χ3n) is 9.34. The van der Waals surface area contributed by atoms with Crippen LogP contribution in [0.25, 0.3) is 100.0 Å². The molecule has 2 heterocycles. The van der Waals surface area contributed by atoms with Gasteiger partial charge in [-0.15, -0.1) is 0 Å². The van der Waals surface area contributed by atoms with Crippen LogP contribution in [0.2, 0.25) is 0 Å². The highest BCUT2D eigenvalue weighted by Gasteiger charge is 2.15. The molecule has 0 saturated carbocycles. The molecule has 0 bridgehead atoms. The van der Waals surface area contributed by atoms with E-state index in [1.54, 1.807) is 0 Å². The number of hydrogen-bond acceptors (Lipinski definition) is 2. The van der Waals surface area contributed by atoms with Gasteiger partial charge in [0.2, 0.25) is 0 Å². The Morgan fingerprint density at radius 2 is 1.00 bits per heavy atom. The van der Waals surface area contributed by atoms with E-state index in [0.29, 0.717) is 0 Å². The minimum atomic E-state index is 0.826. The summed E-state index contributed by atoms with van der Waals surface area (Å²) in [5.74, 6) is 0.826. The van der Waals surface area contributed by atoms with Gasteiger partial charge in [0.1, 0.15) is 22.5 Å². The molecule has 0 N–H and O–H groups in total. The summed E-state index contributed by atoms with van der Waals surface area (Å²) in [6, 6.07) is 47.9. The van der Waals surface area contributed by atoms with E-state index in [0.717, 1.165) is 72.0 Å². The molecule has 0 saturated heterocycles. The molecule has 0 amide bonds. The fourth-order valence-electron chi connectivity index (χ4n) is 7.02. The van der Waals surface area contributed by atoms with Gasteiger partial charge in [0.15, 0.2) is 0 Å². The summed E-state index contributed by atoms with van der Waals surface area (Å²) < 4.78 is 12.6. The van der Waals surface area contributed by atoms with Crippen molar-refractivity contribution < 1.29 is 8.83 Å². The summed E-state index contributed by atoms with van der Waals surface area (Å²) in [6.45, 7) is 6.04. The predicted octanol–water partition coefficient (Wildman–Crippen LogP) is 13.3. The molecule has 0 aliphatic heterocycles. The minimum absolute atomic E-state index is 0.826. The van der Waals surface area contributed by atoms with Crippen molar-refractivity contribution in [3.8, 4) is 33.4 Å². The van der Waals surface area contributed by atoms with Gasteiger partial charge in [-0.05, 0) is 123 Å². The first-order valence-electron chi connectivity index (χ1n) is 16.0. The fraction of sp³-hybridized carbons (Fsp3) is 0.0222. The average Bonchev–Trinajstić information content (AvgIpc) is 3.68. The zero-order chi connectivity index (χ0) is 31.5. The van der Waals surface area contributed by atoms with Gasteiger partial charge in [0.25, 0.3) is 0 Å². The van der Waals surface area contributed by atoms with Crippen LogP contribution in [0, 0.1) is 0 Å². The molecule has 2 heteroatoms. The lowest BCUT2D eigenvalue weighted by Gasteiger charge is -2.13. The normalized spacial score (nSPS) is 11.9. The first-order valence-corrected chi connectivity index (χ1v) is 16.0. The summed E-state index contributed by atoms with van der Waals surface area (Å²) in [5, 5.41) is 8.31. The maximum absolute atomic E-state index is 6.32. The number of rotatable bonds is 5. The van der Waals surface area contributed by atoms with Gasteiger partial charge in [0, 0.05) is 21.7 Å². The van der Waals surface area contributed by atoms with Crippen molar-refractivity contribution in [3.05, 3.63) is 157 Å². The second-order valence-electron chi connectivity index (χ2n) is 12.1. The lowest BCUT2D eigenvalue weighted by atomic mass is 9.91. The summed E-state index contributed by atoms with van der Waals surface area (Å²) in [6.07, 6.45) is 5.86. The van der Waals surface area contributed by atoms with E-state index in [-0.39, 0.29) is 0 Å². The molecule has 0 spiro atoms. The van der Waals surface area contributed by atoms with Crippen molar-refractivity contribution in [2.75, 3.05) is 0 Å². The topological polar surface area (TPSA) is 26.3 Å². The molecule has 9 aromatic rings. The Morgan fingerprint density at radius 3 is 1.72 bits per heavy atom. The fourth-order valence-corrected chi connectivity index (χ4v) is 7.02. The molecule has 0 radical (unpaired) electrons. The molecule has 222 valence electrons. The third kappa shape index (κ3) is 4.49. The Kier molecular flexibility index (Phi) is 6.22. The smallest absolute Gasteiger partial charge is 0.136 e. The maximum Gasteiger partial charge on any atom is 0.136 e.